The van der Waals surface area contributed by atoms with Gasteiger partial charge in [-0.3, -0.25) is 4.79 Å². The van der Waals surface area contributed by atoms with Crippen LogP contribution in [0.25, 0.3) is 0 Å². The van der Waals surface area contributed by atoms with Crippen molar-refractivity contribution in [1.82, 2.24) is 10.6 Å². The maximum Gasteiger partial charge on any atom is 0.226 e. The minimum Gasteiger partial charge on any atom is -0.387 e. The van der Waals surface area contributed by atoms with Crippen molar-refractivity contribution >= 4 is 5.91 Å². The van der Waals surface area contributed by atoms with Crippen LogP contribution in [0.2, 0.25) is 0 Å². The molecule has 1 unspecified atom stereocenters. The average Bonchev–Trinajstić information content (AvgIpc) is 2.96. The number of aliphatic hydroxyl groups is 1. The molecule has 0 radical (unpaired) electrons. The number of rotatable bonds is 4. The van der Waals surface area contributed by atoms with Gasteiger partial charge in [0.25, 0.3) is 0 Å². The quantitative estimate of drug-likeness (QED) is 0.681. The molecular formula is C13H24N2O2. The van der Waals surface area contributed by atoms with Gasteiger partial charge < -0.3 is 15.7 Å². The molecule has 1 aliphatic heterocycles. The van der Waals surface area contributed by atoms with Crippen molar-refractivity contribution in [1.29, 1.82) is 0 Å². The van der Waals surface area contributed by atoms with Crippen LogP contribution in [0.1, 0.15) is 45.4 Å². The summed E-state index contributed by atoms with van der Waals surface area (Å²) < 4.78 is 0. The average molecular weight is 240 g/mol. The van der Waals surface area contributed by atoms with E-state index in [2.05, 4.69) is 17.6 Å². The molecule has 98 valence electrons. The van der Waals surface area contributed by atoms with Crippen LogP contribution in [-0.2, 0) is 4.79 Å². The van der Waals surface area contributed by atoms with Gasteiger partial charge in [0.15, 0.2) is 0 Å². The van der Waals surface area contributed by atoms with Gasteiger partial charge in [-0.05, 0) is 32.2 Å². The monoisotopic (exact) mass is 240 g/mol. The van der Waals surface area contributed by atoms with Crippen LogP contribution in [0.5, 0.6) is 0 Å². The molecular weight excluding hydrogens is 216 g/mol. The molecule has 3 N–H and O–H groups in total. The first-order valence-electron chi connectivity index (χ1n) is 6.82. The fraction of sp³-hybridized carbons (Fsp3) is 0.923. The van der Waals surface area contributed by atoms with E-state index >= 15 is 0 Å². The summed E-state index contributed by atoms with van der Waals surface area (Å²) >= 11 is 0. The third-order valence-corrected chi connectivity index (χ3v) is 4.52. The van der Waals surface area contributed by atoms with E-state index in [9.17, 15) is 9.90 Å². The van der Waals surface area contributed by atoms with Gasteiger partial charge in [-0.25, -0.2) is 0 Å². The minimum absolute atomic E-state index is 0.150. The van der Waals surface area contributed by atoms with E-state index in [0.29, 0.717) is 13.1 Å². The van der Waals surface area contributed by atoms with Crippen LogP contribution in [0.15, 0.2) is 0 Å². The SMILES string of the molecule is CCC1(C(=O)NCC2(O)CCNC2)CCCC1. The fourth-order valence-corrected chi connectivity index (χ4v) is 3.11. The van der Waals surface area contributed by atoms with Crippen molar-refractivity contribution in [2.24, 2.45) is 5.41 Å². The number of hydrogen-bond acceptors (Lipinski definition) is 3. The third-order valence-electron chi connectivity index (χ3n) is 4.52. The second-order valence-electron chi connectivity index (χ2n) is 5.67. The molecule has 1 heterocycles. The lowest BCUT2D eigenvalue weighted by atomic mass is 9.82. The second-order valence-corrected chi connectivity index (χ2v) is 5.67. The number of carbonyl (C=O) groups is 1. The Balaban J connectivity index is 1.88. The summed E-state index contributed by atoms with van der Waals surface area (Å²) in [7, 11) is 0. The van der Waals surface area contributed by atoms with E-state index in [4.69, 9.17) is 0 Å². The molecule has 2 rings (SSSR count). The third kappa shape index (κ3) is 2.63. The highest BCUT2D eigenvalue weighted by Gasteiger charge is 2.40. The summed E-state index contributed by atoms with van der Waals surface area (Å²) in [6.07, 6.45) is 5.97. The van der Waals surface area contributed by atoms with Crippen molar-refractivity contribution < 1.29 is 9.90 Å². The Kier molecular flexibility index (Phi) is 3.73. The normalized spacial score (nSPS) is 31.6. The van der Waals surface area contributed by atoms with E-state index < -0.39 is 5.60 Å². The molecule has 1 aliphatic carbocycles. The Morgan fingerprint density at radius 2 is 2.06 bits per heavy atom. The standard InChI is InChI=1S/C13H24N2O2/c1-2-12(5-3-4-6-12)11(16)15-10-13(17)7-8-14-9-13/h14,17H,2-10H2,1H3,(H,15,16). The van der Waals surface area contributed by atoms with Crippen LogP contribution in [-0.4, -0.2) is 36.2 Å². The summed E-state index contributed by atoms with van der Waals surface area (Å²) in [6, 6.07) is 0. The topological polar surface area (TPSA) is 61.4 Å². The largest absolute Gasteiger partial charge is 0.387 e. The molecule has 2 fully saturated rings. The van der Waals surface area contributed by atoms with Gasteiger partial charge in [0.1, 0.15) is 0 Å². The molecule has 1 atom stereocenters. The molecule has 4 nitrogen and oxygen atoms in total. The van der Waals surface area contributed by atoms with Crippen molar-refractivity contribution in [2.75, 3.05) is 19.6 Å². The van der Waals surface area contributed by atoms with Gasteiger partial charge >= 0.3 is 0 Å². The molecule has 4 heteroatoms. The fourth-order valence-electron chi connectivity index (χ4n) is 3.11. The first-order valence-corrected chi connectivity index (χ1v) is 6.82. The molecule has 0 spiro atoms. The molecule has 1 saturated heterocycles. The van der Waals surface area contributed by atoms with Crippen LogP contribution in [0.3, 0.4) is 0 Å². The van der Waals surface area contributed by atoms with Gasteiger partial charge in [0.2, 0.25) is 5.91 Å². The van der Waals surface area contributed by atoms with Crippen LogP contribution >= 0.6 is 0 Å². The molecule has 0 aromatic rings. The van der Waals surface area contributed by atoms with Gasteiger partial charge in [-0.2, -0.15) is 0 Å². The summed E-state index contributed by atoms with van der Waals surface area (Å²) in [5.74, 6) is 0.151. The molecule has 1 amide bonds. The molecule has 0 bridgehead atoms. The predicted molar refractivity (Wildman–Crippen MR) is 66.6 cm³/mol. The summed E-state index contributed by atoms with van der Waals surface area (Å²) in [5.41, 5.74) is -0.883. The van der Waals surface area contributed by atoms with E-state index in [1.54, 1.807) is 0 Å². The number of β-amino-alcohol motifs (C(OH)–C–C–N with tert-alkyl or cyclic N) is 1. The summed E-state index contributed by atoms with van der Waals surface area (Å²) in [5, 5.41) is 16.3. The Bertz CT molecular complexity index is 279. The van der Waals surface area contributed by atoms with E-state index in [-0.39, 0.29) is 11.3 Å². The van der Waals surface area contributed by atoms with Gasteiger partial charge in [-0.15, -0.1) is 0 Å². The zero-order valence-electron chi connectivity index (χ0n) is 10.7. The Hall–Kier alpha value is -0.610. The van der Waals surface area contributed by atoms with Gasteiger partial charge in [-0.1, -0.05) is 19.8 Å². The maximum absolute atomic E-state index is 12.3. The number of hydrogen-bond donors (Lipinski definition) is 3. The van der Waals surface area contributed by atoms with Crippen LogP contribution in [0, 0.1) is 5.41 Å². The summed E-state index contributed by atoms with van der Waals surface area (Å²) in [4.78, 5) is 12.3. The van der Waals surface area contributed by atoms with Gasteiger partial charge in [0, 0.05) is 18.5 Å². The van der Waals surface area contributed by atoms with E-state index in [0.717, 1.165) is 45.1 Å². The minimum atomic E-state index is -0.733. The molecule has 17 heavy (non-hydrogen) atoms. The zero-order valence-corrected chi connectivity index (χ0v) is 10.7. The summed E-state index contributed by atoms with van der Waals surface area (Å²) in [6.45, 7) is 3.91. The maximum atomic E-state index is 12.3. The number of nitrogens with one attached hydrogen (secondary N) is 2. The van der Waals surface area contributed by atoms with E-state index in [1.807, 2.05) is 0 Å². The number of amides is 1. The molecule has 2 aliphatic rings. The van der Waals surface area contributed by atoms with Gasteiger partial charge in [0.05, 0.1) is 5.60 Å². The highest BCUT2D eigenvalue weighted by atomic mass is 16.3. The lowest BCUT2D eigenvalue weighted by molar-refractivity contribution is -0.132. The van der Waals surface area contributed by atoms with Crippen molar-refractivity contribution in [3.05, 3.63) is 0 Å². The highest BCUT2D eigenvalue weighted by molar-refractivity contribution is 5.82. The Morgan fingerprint density at radius 3 is 2.59 bits per heavy atom. The first kappa shape index (κ1) is 12.8. The van der Waals surface area contributed by atoms with Crippen molar-refractivity contribution in [3.8, 4) is 0 Å². The molecule has 0 aromatic carbocycles. The van der Waals surface area contributed by atoms with Crippen molar-refractivity contribution in [2.45, 2.75) is 51.0 Å². The first-order chi connectivity index (χ1) is 8.10. The predicted octanol–water partition coefficient (Wildman–Crippen LogP) is 0.797. The van der Waals surface area contributed by atoms with Crippen LogP contribution < -0.4 is 10.6 Å². The lowest BCUT2D eigenvalue weighted by Gasteiger charge is -2.29. The smallest absolute Gasteiger partial charge is 0.226 e. The zero-order chi connectivity index (χ0) is 12.4. The van der Waals surface area contributed by atoms with Crippen LogP contribution in [0.4, 0.5) is 0 Å². The number of carbonyl (C=O) groups excluding carboxylic acids is 1. The lowest BCUT2D eigenvalue weighted by Crippen LogP contribution is -2.48. The second kappa shape index (κ2) is 4.94. The molecule has 1 saturated carbocycles. The highest BCUT2D eigenvalue weighted by Crippen LogP contribution is 2.41. The van der Waals surface area contributed by atoms with Crippen molar-refractivity contribution in [3.63, 3.8) is 0 Å². The Labute approximate surface area is 103 Å². The van der Waals surface area contributed by atoms with E-state index in [1.165, 1.54) is 0 Å². The molecule has 0 aromatic heterocycles. The Morgan fingerprint density at radius 1 is 1.35 bits per heavy atom.